The fourth-order valence-corrected chi connectivity index (χ4v) is 4.66. The Morgan fingerprint density at radius 3 is 2.62 bits per heavy atom. The van der Waals surface area contributed by atoms with Gasteiger partial charge < -0.3 is 24.8 Å². The van der Waals surface area contributed by atoms with Crippen molar-refractivity contribution in [1.82, 2.24) is 14.8 Å². The van der Waals surface area contributed by atoms with Crippen molar-refractivity contribution in [3.8, 4) is 28.3 Å². The lowest BCUT2D eigenvalue weighted by Crippen LogP contribution is -2.28. The highest BCUT2D eigenvalue weighted by Gasteiger charge is 2.35. The quantitative estimate of drug-likeness (QED) is 0.323. The molecule has 1 saturated heterocycles. The van der Waals surface area contributed by atoms with Crippen molar-refractivity contribution in [1.29, 1.82) is 0 Å². The van der Waals surface area contributed by atoms with E-state index in [4.69, 9.17) is 4.42 Å². The first-order valence-corrected chi connectivity index (χ1v) is 12.3. The summed E-state index contributed by atoms with van der Waals surface area (Å²) in [5, 5.41) is 26.4. The van der Waals surface area contributed by atoms with E-state index in [1.807, 2.05) is 13.0 Å². The number of oxazole rings is 1. The van der Waals surface area contributed by atoms with E-state index in [0.29, 0.717) is 35.5 Å². The third-order valence-electron chi connectivity index (χ3n) is 6.47. The van der Waals surface area contributed by atoms with Gasteiger partial charge in [0.25, 0.3) is 5.56 Å². The minimum atomic E-state index is -4.77. The number of aromatic nitrogens is 3. The molecular weight excluding hydrogens is 515 g/mol. The van der Waals surface area contributed by atoms with Gasteiger partial charge >= 0.3 is 6.18 Å². The van der Waals surface area contributed by atoms with Crippen LogP contribution in [0, 0.1) is 6.92 Å². The molecule has 204 valence electrons. The molecule has 39 heavy (non-hydrogen) atoms. The van der Waals surface area contributed by atoms with Crippen molar-refractivity contribution in [3.63, 3.8) is 0 Å². The first-order chi connectivity index (χ1) is 18.6. The first kappa shape index (κ1) is 26.4. The lowest BCUT2D eigenvalue weighted by Gasteiger charge is -2.22. The van der Waals surface area contributed by atoms with E-state index in [9.17, 15) is 28.2 Å². The number of benzene rings is 2. The fraction of sp³-hybridized carbons (Fsp3) is 0.296. The fourth-order valence-electron chi connectivity index (χ4n) is 4.66. The van der Waals surface area contributed by atoms with Gasteiger partial charge in [0.05, 0.1) is 35.9 Å². The third kappa shape index (κ3) is 5.52. The van der Waals surface area contributed by atoms with Crippen LogP contribution in [0.1, 0.15) is 17.5 Å². The molecule has 1 atom stereocenters. The highest BCUT2D eigenvalue weighted by atomic mass is 19.4. The van der Waals surface area contributed by atoms with E-state index < -0.39 is 29.1 Å². The number of alkyl halides is 3. The zero-order valence-corrected chi connectivity index (χ0v) is 20.9. The number of halogens is 3. The molecule has 3 heterocycles. The van der Waals surface area contributed by atoms with Gasteiger partial charge in [-0.15, -0.1) is 0 Å². The number of aryl methyl sites for hydroxylation is 1. The highest BCUT2D eigenvalue weighted by Crippen LogP contribution is 2.37. The molecule has 0 radical (unpaired) electrons. The van der Waals surface area contributed by atoms with Gasteiger partial charge in [-0.25, -0.2) is 4.98 Å². The minimum absolute atomic E-state index is 0.00760. The molecule has 0 saturated carbocycles. The number of hydrogen-bond donors (Lipinski definition) is 3. The van der Waals surface area contributed by atoms with Crippen LogP contribution in [0.15, 0.2) is 64.3 Å². The van der Waals surface area contributed by atoms with Crippen LogP contribution < -0.4 is 15.8 Å². The molecule has 2 aromatic carbocycles. The number of aliphatic hydroxyl groups excluding tert-OH is 2. The number of rotatable bonds is 7. The van der Waals surface area contributed by atoms with Crippen LogP contribution in [0.3, 0.4) is 0 Å². The second kappa shape index (κ2) is 10.5. The standard InChI is InChI=1S/C27H26F3N5O4/c1-16-8-17(10-18(9-16)25-13-31-15-39-25)22-12-23(32-5-7-36)26(38)35(33-22)24-11-19(34-6-4-20(37)14-34)2-3-21(24)27(28,29)30/h2-3,8-13,15,20,32,36-37H,4-7,14H2,1H3. The smallest absolute Gasteiger partial charge is 0.418 e. The van der Waals surface area contributed by atoms with E-state index in [-0.39, 0.29) is 31.1 Å². The van der Waals surface area contributed by atoms with Gasteiger partial charge in [-0.05, 0) is 61.4 Å². The normalized spacial score (nSPS) is 15.6. The number of β-amino-alcohol motifs (C(OH)–C–C–N with tert-alkyl or cyclic N) is 1. The molecule has 9 nitrogen and oxygen atoms in total. The van der Waals surface area contributed by atoms with Crippen molar-refractivity contribution < 1.29 is 27.8 Å². The second-order valence-electron chi connectivity index (χ2n) is 9.35. The van der Waals surface area contributed by atoms with Crippen LogP contribution in [0.2, 0.25) is 0 Å². The lowest BCUT2D eigenvalue weighted by molar-refractivity contribution is -0.137. The lowest BCUT2D eigenvalue weighted by atomic mass is 10.0. The largest absolute Gasteiger partial charge is 0.444 e. The maximum absolute atomic E-state index is 14.2. The number of aliphatic hydroxyl groups is 2. The molecular formula is C27H26F3N5O4. The Morgan fingerprint density at radius 2 is 1.95 bits per heavy atom. The highest BCUT2D eigenvalue weighted by molar-refractivity contribution is 5.71. The molecule has 1 aliphatic heterocycles. The summed E-state index contributed by atoms with van der Waals surface area (Å²) >= 11 is 0. The summed E-state index contributed by atoms with van der Waals surface area (Å²) in [5.41, 5.74) is 0.407. The van der Waals surface area contributed by atoms with Crippen molar-refractivity contribution in [2.24, 2.45) is 0 Å². The summed E-state index contributed by atoms with van der Waals surface area (Å²) in [4.78, 5) is 19.2. The molecule has 2 aromatic heterocycles. The van der Waals surface area contributed by atoms with Crippen LogP contribution in [0.5, 0.6) is 0 Å². The molecule has 5 rings (SSSR count). The Labute approximate surface area is 221 Å². The Hall–Kier alpha value is -4.16. The van der Waals surface area contributed by atoms with Gasteiger partial charge in [-0.1, -0.05) is 0 Å². The van der Waals surface area contributed by atoms with E-state index in [2.05, 4.69) is 15.4 Å². The van der Waals surface area contributed by atoms with Crippen LogP contribution in [0.4, 0.5) is 24.5 Å². The third-order valence-corrected chi connectivity index (χ3v) is 6.47. The zero-order chi connectivity index (χ0) is 27.7. The van der Waals surface area contributed by atoms with E-state index >= 15 is 0 Å². The number of nitrogens with zero attached hydrogens (tertiary/aromatic N) is 4. The first-order valence-electron chi connectivity index (χ1n) is 12.3. The average molecular weight is 542 g/mol. The minimum Gasteiger partial charge on any atom is -0.444 e. The SMILES string of the molecule is Cc1cc(-c2cc(NCCO)c(=O)n(-c3cc(N4CCC(O)C4)ccc3C(F)(F)F)n2)cc(-c2cnco2)c1. The molecule has 1 aliphatic rings. The van der Waals surface area contributed by atoms with Gasteiger partial charge in [0, 0.05) is 36.4 Å². The molecule has 0 bridgehead atoms. The number of hydrogen-bond acceptors (Lipinski definition) is 8. The Bertz CT molecular complexity index is 1540. The summed E-state index contributed by atoms with van der Waals surface area (Å²) in [6, 6.07) is 10.4. The van der Waals surface area contributed by atoms with E-state index in [0.717, 1.165) is 16.3 Å². The van der Waals surface area contributed by atoms with Gasteiger partial charge in [0.1, 0.15) is 5.69 Å². The summed E-state index contributed by atoms with van der Waals surface area (Å²) in [6.45, 7) is 2.29. The van der Waals surface area contributed by atoms with Gasteiger partial charge in [-0.2, -0.15) is 23.0 Å². The van der Waals surface area contributed by atoms with Gasteiger partial charge in [-0.3, -0.25) is 4.79 Å². The van der Waals surface area contributed by atoms with Crippen LogP contribution in [0.25, 0.3) is 28.3 Å². The molecule has 0 amide bonds. The summed E-state index contributed by atoms with van der Waals surface area (Å²) in [7, 11) is 0. The molecule has 0 spiro atoms. The van der Waals surface area contributed by atoms with Crippen molar-refractivity contribution in [2.75, 3.05) is 36.5 Å². The number of nitrogens with one attached hydrogen (secondary N) is 1. The topological polar surface area (TPSA) is 117 Å². The van der Waals surface area contributed by atoms with Crippen molar-refractivity contribution >= 4 is 11.4 Å². The van der Waals surface area contributed by atoms with Crippen LogP contribution in [-0.4, -0.2) is 57.3 Å². The molecule has 1 fully saturated rings. The average Bonchev–Trinajstić information content (AvgIpc) is 3.59. The summed E-state index contributed by atoms with van der Waals surface area (Å²) in [6.07, 6.45) is -2.04. The summed E-state index contributed by atoms with van der Waals surface area (Å²) < 4.78 is 48.6. The maximum atomic E-state index is 14.2. The number of anilines is 2. The van der Waals surface area contributed by atoms with Crippen molar-refractivity contribution in [2.45, 2.75) is 25.6 Å². The molecule has 0 aliphatic carbocycles. The van der Waals surface area contributed by atoms with Crippen LogP contribution >= 0.6 is 0 Å². The zero-order valence-electron chi connectivity index (χ0n) is 20.9. The van der Waals surface area contributed by atoms with Crippen LogP contribution in [-0.2, 0) is 6.18 Å². The van der Waals surface area contributed by atoms with Gasteiger partial charge in [0.2, 0.25) is 0 Å². The Kier molecular flexibility index (Phi) is 7.15. The molecule has 3 N–H and O–H groups in total. The molecule has 1 unspecified atom stereocenters. The predicted octanol–water partition coefficient (Wildman–Crippen LogP) is 3.86. The van der Waals surface area contributed by atoms with E-state index in [1.165, 1.54) is 30.8 Å². The van der Waals surface area contributed by atoms with Crippen molar-refractivity contribution in [3.05, 3.63) is 76.5 Å². The van der Waals surface area contributed by atoms with Gasteiger partial charge in [0.15, 0.2) is 12.2 Å². The monoisotopic (exact) mass is 541 g/mol. The summed E-state index contributed by atoms with van der Waals surface area (Å²) in [5.74, 6) is 0.492. The Morgan fingerprint density at radius 1 is 1.15 bits per heavy atom. The molecule has 12 heteroatoms. The second-order valence-corrected chi connectivity index (χ2v) is 9.35. The Balaban J connectivity index is 1.72. The van der Waals surface area contributed by atoms with E-state index in [1.54, 1.807) is 17.0 Å². The molecule has 4 aromatic rings. The maximum Gasteiger partial charge on any atom is 0.418 e. The predicted molar refractivity (Wildman–Crippen MR) is 139 cm³/mol.